The lowest BCUT2D eigenvalue weighted by Crippen LogP contribution is -2.62. The molecule has 4 fully saturated rings. The number of anilines is 3. The summed E-state index contributed by atoms with van der Waals surface area (Å²) in [4.78, 5) is 11.5. The van der Waals surface area contributed by atoms with Crippen molar-refractivity contribution in [3.8, 4) is 11.8 Å². The molecule has 4 saturated carbocycles. The summed E-state index contributed by atoms with van der Waals surface area (Å²) in [7, 11) is 1.66. The topological polar surface area (TPSA) is 112 Å². The lowest BCUT2D eigenvalue weighted by molar-refractivity contribution is -0.127. The quantitative estimate of drug-likeness (QED) is 0.264. The third-order valence-corrected chi connectivity index (χ3v) is 9.20. The second kappa shape index (κ2) is 9.46. The van der Waals surface area contributed by atoms with Crippen LogP contribution in [0.3, 0.4) is 0 Å². The highest BCUT2D eigenvalue weighted by atomic mass is 79.9. The predicted octanol–water partition coefficient (Wildman–Crippen LogP) is 5.60. The standard InChI is InChI=1S/C30H30BrN7O2/c1-40-23-7-5-19(6-8-23)17-37(27-4-2-3-25(31)34-27)24-10-26(36-38-22(15-32)16-33-28(24)38)35-29-11-20-9-21(12-29)14-30(39,13-20)18-29/h2-8,10,16,20-21,39H,9,11-14,17-18H2,1H3,(H,35,36). The summed E-state index contributed by atoms with van der Waals surface area (Å²) in [5.41, 5.74) is 1.96. The van der Waals surface area contributed by atoms with Crippen molar-refractivity contribution >= 4 is 38.9 Å². The van der Waals surface area contributed by atoms with Gasteiger partial charge in [0.15, 0.2) is 11.3 Å². The van der Waals surface area contributed by atoms with Crippen LogP contribution in [0.5, 0.6) is 5.75 Å². The van der Waals surface area contributed by atoms with Gasteiger partial charge in [0, 0.05) is 18.2 Å². The van der Waals surface area contributed by atoms with Crippen LogP contribution in [-0.4, -0.2) is 42.9 Å². The van der Waals surface area contributed by atoms with Gasteiger partial charge in [-0.25, -0.2) is 9.97 Å². The number of nitriles is 1. The van der Waals surface area contributed by atoms with Gasteiger partial charge in [0.2, 0.25) is 0 Å². The van der Waals surface area contributed by atoms with Crippen molar-refractivity contribution in [3.63, 3.8) is 0 Å². The fraction of sp³-hybridized carbons (Fsp3) is 0.400. The first-order valence-electron chi connectivity index (χ1n) is 13.7. The number of methoxy groups -OCH3 is 1. The second-order valence-electron chi connectivity index (χ2n) is 11.7. The Morgan fingerprint density at radius 1 is 1.18 bits per heavy atom. The van der Waals surface area contributed by atoms with E-state index in [1.165, 1.54) is 6.42 Å². The fourth-order valence-corrected chi connectivity index (χ4v) is 8.01. The van der Waals surface area contributed by atoms with E-state index >= 15 is 0 Å². The van der Waals surface area contributed by atoms with Gasteiger partial charge in [0.05, 0.1) is 24.6 Å². The lowest BCUT2D eigenvalue weighted by atomic mass is 9.51. The molecule has 10 heteroatoms. The third-order valence-electron chi connectivity index (χ3n) is 8.75. The van der Waals surface area contributed by atoms with Crippen molar-refractivity contribution in [1.82, 2.24) is 19.6 Å². The molecule has 0 aliphatic heterocycles. The number of imidazole rings is 1. The van der Waals surface area contributed by atoms with Crippen molar-refractivity contribution in [1.29, 1.82) is 5.26 Å². The number of hydrogen-bond donors (Lipinski definition) is 2. The average molecular weight is 601 g/mol. The predicted molar refractivity (Wildman–Crippen MR) is 154 cm³/mol. The van der Waals surface area contributed by atoms with E-state index in [1.54, 1.807) is 17.8 Å². The molecule has 2 N–H and O–H groups in total. The molecule has 2 atom stereocenters. The van der Waals surface area contributed by atoms with Gasteiger partial charge < -0.3 is 20.1 Å². The summed E-state index contributed by atoms with van der Waals surface area (Å²) < 4.78 is 7.69. The van der Waals surface area contributed by atoms with Crippen LogP contribution < -0.4 is 15.0 Å². The summed E-state index contributed by atoms with van der Waals surface area (Å²) in [5, 5.41) is 29.8. The van der Waals surface area contributed by atoms with E-state index < -0.39 is 5.60 Å². The molecular formula is C30H30BrN7O2. The molecular weight excluding hydrogens is 570 g/mol. The molecule has 0 radical (unpaired) electrons. The summed E-state index contributed by atoms with van der Waals surface area (Å²) in [5.74, 6) is 3.24. The highest BCUT2D eigenvalue weighted by Gasteiger charge is 2.57. The molecule has 40 heavy (non-hydrogen) atoms. The van der Waals surface area contributed by atoms with E-state index in [4.69, 9.17) is 14.8 Å². The number of hydrogen-bond acceptors (Lipinski definition) is 8. The Morgan fingerprint density at radius 3 is 2.62 bits per heavy atom. The monoisotopic (exact) mass is 599 g/mol. The Hall–Kier alpha value is -3.68. The third kappa shape index (κ3) is 4.47. The number of fused-ring (bicyclic) bond motifs is 1. The van der Waals surface area contributed by atoms with E-state index in [2.05, 4.69) is 37.2 Å². The minimum absolute atomic E-state index is 0.209. The minimum Gasteiger partial charge on any atom is -0.497 e. The molecule has 3 aromatic heterocycles. The van der Waals surface area contributed by atoms with Crippen molar-refractivity contribution in [2.75, 3.05) is 17.3 Å². The van der Waals surface area contributed by atoms with E-state index in [1.807, 2.05) is 48.5 Å². The van der Waals surface area contributed by atoms with Crippen LogP contribution in [0.4, 0.5) is 17.3 Å². The number of nitrogens with one attached hydrogen (secondary N) is 1. The fourth-order valence-electron chi connectivity index (χ4n) is 7.67. The number of halogens is 1. The van der Waals surface area contributed by atoms with Crippen LogP contribution in [0.1, 0.15) is 49.8 Å². The van der Waals surface area contributed by atoms with Gasteiger partial charge in [-0.2, -0.15) is 9.78 Å². The molecule has 4 aliphatic rings. The van der Waals surface area contributed by atoms with Gasteiger partial charge in [-0.05, 0) is 96.1 Å². The average Bonchev–Trinajstić information content (AvgIpc) is 3.33. The number of aromatic nitrogens is 4. The van der Waals surface area contributed by atoms with Gasteiger partial charge >= 0.3 is 0 Å². The van der Waals surface area contributed by atoms with Crippen LogP contribution in [0.2, 0.25) is 0 Å². The van der Waals surface area contributed by atoms with Gasteiger partial charge in [0.1, 0.15) is 28.1 Å². The second-order valence-corrected chi connectivity index (χ2v) is 12.6. The summed E-state index contributed by atoms with van der Waals surface area (Å²) >= 11 is 3.53. The maximum atomic E-state index is 11.3. The van der Waals surface area contributed by atoms with E-state index in [9.17, 15) is 10.4 Å². The van der Waals surface area contributed by atoms with Crippen molar-refractivity contribution in [3.05, 3.63) is 70.6 Å². The number of rotatable bonds is 7. The van der Waals surface area contributed by atoms with Crippen LogP contribution in [-0.2, 0) is 6.54 Å². The molecule has 0 amide bonds. The van der Waals surface area contributed by atoms with Crippen molar-refractivity contribution in [2.24, 2.45) is 11.8 Å². The summed E-state index contributed by atoms with van der Waals surface area (Å²) in [6.45, 7) is 0.510. The van der Waals surface area contributed by atoms with Gasteiger partial charge in [-0.15, -0.1) is 5.10 Å². The Balaban J connectivity index is 1.34. The normalized spacial score (nSPS) is 26.6. The number of aliphatic hydroxyl groups is 1. The van der Waals surface area contributed by atoms with Crippen LogP contribution >= 0.6 is 15.9 Å². The summed E-state index contributed by atoms with van der Waals surface area (Å²) in [6, 6.07) is 18.0. The van der Waals surface area contributed by atoms with Gasteiger partial charge in [-0.1, -0.05) is 18.2 Å². The molecule has 0 spiro atoms. The Bertz CT molecular complexity index is 1620. The van der Waals surface area contributed by atoms with Gasteiger partial charge in [-0.3, -0.25) is 0 Å². The largest absolute Gasteiger partial charge is 0.497 e. The highest BCUT2D eigenvalue weighted by Crippen LogP contribution is 2.58. The molecule has 4 bridgehead atoms. The SMILES string of the molecule is COc1ccc(CN(c2cccc(Br)n2)c2cc(NC34CC5CC(CC(O)(C5)C3)C4)nn3c(C#N)cnc23)cc1. The van der Waals surface area contributed by atoms with E-state index in [-0.39, 0.29) is 5.54 Å². The molecule has 4 aliphatic carbocycles. The number of nitrogens with zero attached hydrogens (tertiary/aromatic N) is 6. The molecule has 9 nitrogen and oxygen atoms in total. The van der Waals surface area contributed by atoms with Crippen molar-refractivity contribution in [2.45, 2.75) is 56.2 Å². The van der Waals surface area contributed by atoms with Crippen molar-refractivity contribution < 1.29 is 9.84 Å². The zero-order valence-corrected chi connectivity index (χ0v) is 23.8. The molecule has 2 unspecified atom stereocenters. The smallest absolute Gasteiger partial charge is 0.179 e. The highest BCUT2D eigenvalue weighted by molar-refractivity contribution is 9.10. The molecule has 8 rings (SSSR count). The zero-order chi connectivity index (χ0) is 27.5. The lowest BCUT2D eigenvalue weighted by Gasteiger charge is -2.60. The zero-order valence-electron chi connectivity index (χ0n) is 22.2. The number of pyridine rings is 1. The first-order valence-corrected chi connectivity index (χ1v) is 14.5. The van der Waals surface area contributed by atoms with Crippen LogP contribution in [0.15, 0.2) is 59.3 Å². The van der Waals surface area contributed by atoms with Crippen LogP contribution in [0.25, 0.3) is 5.65 Å². The summed E-state index contributed by atoms with van der Waals surface area (Å²) in [6.07, 6.45) is 7.33. The van der Waals surface area contributed by atoms with Gasteiger partial charge in [0.25, 0.3) is 0 Å². The molecule has 1 aromatic carbocycles. The Kier molecular flexibility index (Phi) is 5.98. The maximum absolute atomic E-state index is 11.3. The number of ether oxygens (including phenoxy) is 1. The van der Waals surface area contributed by atoms with E-state index in [0.29, 0.717) is 35.5 Å². The Labute approximate surface area is 240 Å². The first-order chi connectivity index (χ1) is 19.3. The molecule has 204 valence electrons. The Morgan fingerprint density at radius 2 is 1.95 bits per heavy atom. The molecule has 0 saturated heterocycles. The molecule has 3 heterocycles. The maximum Gasteiger partial charge on any atom is 0.179 e. The van der Waals surface area contributed by atoms with Crippen LogP contribution in [0, 0.1) is 23.2 Å². The minimum atomic E-state index is -0.600. The number of benzene rings is 1. The van der Waals surface area contributed by atoms with E-state index in [0.717, 1.165) is 59.5 Å². The molecule has 4 aromatic rings. The first kappa shape index (κ1) is 25.3.